The molecule has 0 aliphatic carbocycles. The molecule has 2 saturated heterocycles. The fourth-order valence-corrected chi connectivity index (χ4v) is 7.67. The normalized spacial score (nSPS) is 17.9. The van der Waals surface area contributed by atoms with E-state index in [1.807, 2.05) is 25.3 Å². The summed E-state index contributed by atoms with van der Waals surface area (Å²) in [5.41, 5.74) is 12.4. The topological polar surface area (TPSA) is 106 Å². The molecular formula is C40H42N8O. The van der Waals surface area contributed by atoms with Crippen LogP contribution in [0.25, 0.3) is 33.7 Å². The van der Waals surface area contributed by atoms with E-state index in [1.165, 1.54) is 31.2 Å². The molecule has 248 valence electrons. The minimum atomic E-state index is -0.303. The van der Waals surface area contributed by atoms with Gasteiger partial charge in [0.25, 0.3) is 0 Å². The summed E-state index contributed by atoms with van der Waals surface area (Å²) in [4.78, 5) is 19.7. The molecule has 0 saturated carbocycles. The van der Waals surface area contributed by atoms with E-state index in [0.717, 1.165) is 101 Å². The number of benzene rings is 3. The first kappa shape index (κ1) is 31.2. The van der Waals surface area contributed by atoms with Crippen molar-refractivity contribution >= 4 is 28.3 Å². The Balaban J connectivity index is 1.08. The summed E-state index contributed by atoms with van der Waals surface area (Å²) >= 11 is 0. The van der Waals surface area contributed by atoms with Gasteiger partial charge in [0, 0.05) is 30.5 Å². The van der Waals surface area contributed by atoms with Crippen LogP contribution in [0.1, 0.15) is 72.3 Å². The number of hydrogen-bond donors (Lipinski definition) is 2. The molecule has 8 rings (SSSR count). The Morgan fingerprint density at radius 1 is 0.857 bits per heavy atom. The Labute approximate surface area is 287 Å². The zero-order chi connectivity index (χ0) is 33.5. The zero-order valence-corrected chi connectivity index (χ0v) is 28.5. The van der Waals surface area contributed by atoms with E-state index >= 15 is 0 Å². The van der Waals surface area contributed by atoms with Crippen LogP contribution in [0.3, 0.4) is 0 Å². The lowest BCUT2D eigenvalue weighted by Crippen LogP contribution is -2.24. The van der Waals surface area contributed by atoms with Gasteiger partial charge < -0.3 is 15.1 Å². The van der Waals surface area contributed by atoms with E-state index in [-0.39, 0.29) is 6.17 Å². The summed E-state index contributed by atoms with van der Waals surface area (Å²) in [6.45, 7) is 12.5. The average molecular weight is 651 g/mol. The number of nitrogens with zero attached hydrogens (tertiary/aromatic N) is 6. The second kappa shape index (κ2) is 13.1. The third-order valence-electron chi connectivity index (χ3n) is 10.2. The van der Waals surface area contributed by atoms with E-state index in [1.54, 1.807) is 0 Å². The van der Waals surface area contributed by atoms with Gasteiger partial charge in [-0.05, 0) is 136 Å². The lowest BCUT2D eigenvalue weighted by molar-refractivity contribution is 0.331. The first-order chi connectivity index (χ1) is 23.9. The molecule has 0 radical (unpaired) electrons. The summed E-state index contributed by atoms with van der Waals surface area (Å²) in [5.74, 6) is 1.39. The van der Waals surface area contributed by atoms with Gasteiger partial charge in [-0.25, -0.2) is 9.98 Å². The number of hydrogen-bond acceptors (Lipinski definition) is 9. The highest BCUT2D eigenvalue weighted by molar-refractivity contribution is 5.96. The molecule has 0 bridgehead atoms. The van der Waals surface area contributed by atoms with Crippen LogP contribution < -0.4 is 10.6 Å². The summed E-state index contributed by atoms with van der Waals surface area (Å²) in [6, 6.07) is 21.2. The van der Waals surface area contributed by atoms with Crippen molar-refractivity contribution in [3.63, 3.8) is 0 Å². The molecule has 2 aromatic heterocycles. The lowest BCUT2D eigenvalue weighted by atomic mass is 9.92. The molecule has 9 nitrogen and oxygen atoms in total. The van der Waals surface area contributed by atoms with Crippen LogP contribution in [0.15, 0.2) is 70.2 Å². The van der Waals surface area contributed by atoms with Crippen LogP contribution in [0.4, 0.5) is 11.4 Å². The van der Waals surface area contributed by atoms with Crippen molar-refractivity contribution in [3.05, 3.63) is 94.3 Å². The molecule has 0 spiro atoms. The van der Waals surface area contributed by atoms with E-state index in [9.17, 15) is 5.26 Å². The van der Waals surface area contributed by atoms with Gasteiger partial charge in [-0.1, -0.05) is 24.3 Å². The second-order valence-corrected chi connectivity index (χ2v) is 13.7. The number of amidine groups is 1. The van der Waals surface area contributed by atoms with Crippen LogP contribution in [-0.4, -0.2) is 51.8 Å². The van der Waals surface area contributed by atoms with Gasteiger partial charge >= 0.3 is 0 Å². The third-order valence-corrected chi connectivity index (χ3v) is 10.2. The summed E-state index contributed by atoms with van der Waals surface area (Å²) in [6.07, 6.45) is 6.70. The van der Waals surface area contributed by atoms with Gasteiger partial charge in [-0.2, -0.15) is 5.26 Å². The maximum atomic E-state index is 9.98. The van der Waals surface area contributed by atoms with Crippen LogP contribution in [0, 0.1) is 25.2 Å². The van der Waals surface area contributed by atoms with Crippen LogP contribution in [0.5, 0.6) is 0 Å². The number of rotatable bonds is 8. The van der Waals surface area contributed by atoms with Crippen molar-refractivity contribution < 1.29 is 4.42 Å². The van der Waals surface area contributed by atoms with Gasteiger partial charge in [0.2, 0.25) is 5.89 Å². The predicted octanol–water partition coefficient (Wildman–Crippen LogP) is 8.19. The van der Waals surface area contributed by atoms with E-state index in [2.05, 4.69) is 82.8 Å². The minimum absolute atomic E-state index is 0.303. The minimum Gasteiger partial charge on any atom is -0.435 e. The molecule has 49 heavy (non-hydrogen) atoms. The van der Waals surface area contributed by atoms with Gasteiger partial charge in [-0.3, -0.25) is 14.8 Å². The van der Waals surface area contributed by atoms with Crippen molar-refractivity contribution in [2.45, 2.75) is 65.7 Å². The Bertz CT molecular complexity index is 2110. The number of aromatic nitrogens is 2. The number of pyridine rings is 1. The quantitative estimate of drug-likeness (QED) is 0.173. The Hall–Kier alpha value is -5.04. The van der Waals surface area contributed by atoms with E-state index < -0.39 is 0 Å². The molecule has 1 unspecified atom stereocenters. The molecule has 9 heteroatoms. The molecule has 3 aliphatic heterocycles. The zero-order valence-electron chi connectivity index (χ0n) is 28.5. The van der Waals surface area contributed by atoms with Crippen LogP contribution >= 0.6 is 0 Å². The van der Waals surface area contributed by atoms with Crippen LogP contribution in [0.2, 0.25) is 0 Å². The molecule has 1 atom stereocenters. The number of nitriles is 1. The van der Waals surface area contributed by atoms with Crippen molar-refractivity contribution in [1.82, 2.24) is 19.8 Å². The number of fused-ring (bicyclic) bond motifs is 2. The number of nitrogens with one attached hydrogen (secondary N) is 2. The third kappa shape index (κ3) is 6.18. The molecule has 3 aliphatic rings. The Morgan fingerprint density at radius 2 is 1.53 bits per heavy atom. The molecule has 2 fully saturated rings. The van der Waals surface area contributed by atoms with Crippen molar-refractivity contribution in [2.24, 2.45) is 4.99 Å². The fourth-order valence-electron chi connectivity index (χ4n) is 7.67. The van der Waals surface area contributed by atoms with Crippen LogP contribution in [-0.2, 0) is 13.1 Å². The predicted molar refractivity (Wildman–Crippen MR) is 195 cm³/mol. The number of oxazole rings is 1. The fraction of sp³-hybridized carbons (Fsp3) is 0.350. The highest BCUT2D eigenvalue weighted by Gasteiger charge is 2.24. The second-order valence-electron chi connectivity index (χ2n) is 13.7. The summed E-state index contributed by atoms with van der Waals surface area (Å²) in [7, 11) is 0. The average Bonchev–Trinajstić information content (AvgIpc) is 3.89. The number of likely N-dealkylation sites (tertiary alicyclic amines) is 2. The van der Waals surface area contributed by atoms with E-state index in [0.29, 0.717) is 17.0 Å². The van der Waals surface area contributed by atoms with Crippen molar-refractivity contribution in [1.29, 1.82) is 5.26 Å². The molecule has 0 amide bonds. The van der Waals surface area contributed by atoms with E-state index in [4.69, 9.17) is 19.4 Å². The van der Waals surface area contributed by atoms with Crippen molar-refractivity contribution in [2.75, 3.05) is 36.8 Å². The maximum Gasteiger partial charge on any atom is 0.227 e. The summed E-state index contributed by atoms with van der Waals surface area (Å²) < 4.78 is 6.33. The van der Waals surface area contributed by atoms with Gasteiger partial charge in [0.1, 0.15) is 23.1 Å². The molecule has 3 aromatic carbocycles. The monoisotopic (exact) mass is 650 g/mol. The Kier molecular flexibility index (Phi) is 8.36. The molecular weight excluding hydrogens is 608 g/mol. The molecule has 5 aromatic rings. The highest BCUT2D eigenvalue weighted by atomic mass is 16.3. The highest BCUT2D eigenvalue weighted by Crippen LogP contribution is 2.38. The Morgan fingerprint density at radius 3 is 2.27 bits per heavy atom. The molecule has 5 heterocycles. The van der Waals surface area contributed by atoms with Crippen molar-refractivity contribution in [3.8, 4) is 28.7 Å². The first-order valence-corrected chi connectivity index (χ1v) is 17.5. The standard InChI is InChI=1S/C40H42N8O/c1-25-31(10-8-12-33(25)40-46-36-19-28(23-47-14-4-5-15-47)18-30(21-41)38(36)49-40)32-11-9-13-34(26(32)2)45-39-37-35(43-27(3)44-39)20-29(22-42-37)24-48-16-6-7-17-48/h8-13,18-20,22,39,45H,4-7,14-17,23-24H2,1-3H3,(H,43,44). The largest absolute Gasteiger partial charge is 0.435 e. The van der Waals surface area contributed by atoms with Gasteiger partial charge in [0.05, 0.1) is 11.3 Å². The molecule has 2 N–H and O–H groups in total. The SMILES string of the molecule is CC1=NC(Nc2cccc(-c3cccc(-c4nc5cc(CN6CCCC6)cc(C#N)c5o4)c3C)c2C)c2ncc(CN3CCCC3)cc2N1. The maximum absolute atomic E-state index is 9.98. The number of anilines is 2. The summed E-state index contributed by atoms with van der Waals surface area (Å²) in [5, 5.41) is 17.1. The lowest BCUT2D eigenvalue weighted by Gasteiger charge is -2.26. The first-order valence-electron chi connectivity index (χ1n) is 17.5. The van der Waals surface area contributed by atoms with Gasteiger partial charge in [0.15, 0.2) is 11.7 Å². The smallest absolute Gasteiger partial charge is 0.227 e. The van der Waals surface area contributed by atoms with Gasteiger partial charge in [-0.15, -0.1) is 0 Å². The number of aliphatic imine (C=N–C) groups is 1.